The topological polar surface area (TPSA) is 480 Å². The fourth-order valence-electron chi connectivity index (χ4n) is 7.24. The van der Waals surface area contributed by atoms with Crippen molar-refractivity contribution in [2.45, 2.75) is 20.2 Å². The van der Waals surface area contributed by atoms with Crippen LogP contribution in [0.25, 0.3) is 33.5 Å². The highest BCUT2D eigenvalue weighted by Gasteiger charge is 2.33. The van der Waals surface area contributed by atoms with E-state index in [0.717, 1.165) is 0 Å². The first-order valence-corrected chi connectivity index (χ1v) is 40.7. The lowest BCUT2D eigenvalue weighted by atomic mass is 10.3. The van der Waals surface area contributed by atoms with Crippen LogP contribution in [0.15, 0.2) is 88.0 Å². The van der Waals surface area contributed by atoms with Crippen molar-refractivity contribution in [3.8, 4) is 64.6 Å². The van der Waals surface area contributed by atoms with Crippen molar-refractivity contribution in [1.29, 1.82) is 0 Å². The Hall–Kier alpha value is -6.77. The van der Waals surface area contributed by atoms with Crippen LogP contribution in [0.5, 0.6) is 51.7 Å². The molecule has 0 unspecified atom stereocenters. The first kappa shape index (κ1) is 73.6. The number of fused-ring (bicyclic) bond motifs is 6. The van der Waals surface area contributed by atoms with Gasteiger partial charge in [0.15, 0.2) is 68.0 Å². The average Bonchev–Trinajstić information content (AvgIpc) is 1.64. The third-order valence-corrected chi connectivity index (χ3v) is 13.3. The van der Waals surface area contributed by atoms with Crippen LogP contribution < -0.4 is 71.3 Å². The van der Waals surface area contributed by atoms with Gasteiger partial charge in [0.2, 0.25) is 38.2 Å². The molecule has 0 amide bonds. The maximum absolute atomic E-state index is 13.7. The third-order valence-electron chi connectivity index (χ3n) is 10.8. The summed E-state index contributed by atoms with van der Waals surface area (Å²) in [6.45, 7) is 0.603. The number of nitrogen functional groups attached to an aromatic ring is 3. The minimum atomic E-state index is -4.23. The molecule has 12 rings (SSSR count). The van der Waals surface area contributed by atoms with Crippen LogP contribution in [0, 0.1) is 12.8 Å². The number of aromatic hydroxyl groups is 1. The summed E-state index contributed by atoms with van der Waals surface area (Å²) in [4.78, 5) is 65.7. The Labute approximate surface area is 570 Å². The number of nitrogens with one attached hydrogen (secondary N) is 3. The van der Waals surface area contributed by atoms with Gasteiger partial charge < -0.3 is 83.6 Å². The number of aromatic amines is 3. The number of terminal acetylenes is 1. The van der Waals surface area contributed by atoms with Gasteiger partial charge in [0, 0.05) is 55.4 Å². The van der Waals surface area contributed by atoms with Crippen LogP contribution >= 0.6 is 113 Å². The molecule has 3 aromatic carbocycles. The first-order valence-electron chi connectivity index (χ1n) is 25.6. The SMILES string of the molecule is II.Nc1nc2c(ncn2COCCO)c(=O)[nH]1.Nc1nc2c(ncn2COCCOP(=O)(Cl)Cl)c(=O)[nH]1.Nc1nc2c(ncn2COCCOP(=O)(Oc2ccc3c(c2)OCO3)Oc2ccc3c(c2)OCO3)c(=O)[nH]1.O=P(Cl)(Cl)Cl.Oc1ccc2c(c1)OCO2.[2H]C#C. The summed E-state index contributed by atoms with van der Waals surface area (Å²) in [5, 5.41) is 14.3. The fraction of sp³-hybridized carbons (Fsp3) is 0.255. The van der Waals surface area contributed by atoms with Crippen molar-refractivity contribution >= 4 is 164 Å². The monoisotopic (exact) mass is 1680 g/mol. The number of nitrogens with two attached hydrogens (primary N) is 3. The Bertz CT molecular complexity index is 4320. The van der Waals surface area contributed by atoms with Gasteiger partial charge in [-0.1, -0.05) is 0 Å². The van der Waals surface area contributed by atoms with Crippen molar-refractivity contribution in [3.05, 3.63) is 105 Å². The van der Waals surface area contributed by atoms with Crippen LogP contribution in [0.3, 0.4) is 0 Å². The van der Waals surface area contributed by atoms with Crippen molar-refractivity contribution in [2.24, 2.45) is 0 Å². The van der Waals surface area contributed by atoms with Gasteiger partial charge in [-0.3, -0.25) is 56.7 Å². The molecule has 0 saturated heterocycles. The molecule has 3 aliphatic rings. The Morgan fingerprint density at radius 1 is 0.559 bits per heavy atom. The molecular weight excluding hydrogens is 1630 g/mol. The van der Waals surface area contributed by atoms with Gasteiger partial charge >= 0.3 is 19.1 Å². The number of anilines is 3. The number of rotatable bonds is 20. The summed E-state index contributed by atoms with van der Waals surface area (Å²) in [7, 11) is -4.23. The highest BCUT2D eigenvalue weighted by atomic mass is 128. The molecule has 93 heavy (non-hydrogen) atoms. The molecule has 3 aliphatic heterocycles. The summed E-state index contributed by atoms with van der Waals surface area (Å²) < 4.78 is 113. The number of benzene rings is 3. The number of halogens is 7. The standard InChI is InChI=1S/C22H20N5O10P.C8H10Cl2N5O4P.C8H11N5O3.C7H6O3.C2H2.Cl3OP.I2/c23-22-25-20-19(21(28)26-22)24-9-27(20)10-30-5-6-35-38(29,36-13-1-3-15-17(7-13)33-11-31-15)37-14-2-4-16-18(8-14)34-12-32-16;9-20(10,17)19-2-1-18-4-15-3-12-5-6(15)13-8(11)14-7(5)16;9-8-11-6-5(7(15)12-8)10-3-13(6)4-16-2-1-14;8-5-1-2-6-7(3-5)10-4-9-6;1-2;1-5(2,3)4;1-2/h1-4,7-9H,5-6,10-12H2,(H3,23,25,26,28);3H,1-2,4H2,(H3,11,13,14,16);3,14H,1-2,4H2,(H3,9,11,12,15);1-3,8H,4H2;1-2H;;/i;;;;1D;;. The predicted octanol–water partition coefficient (Wildman–Crippen LogP) is 8.32. The molecule has 46 heteroatoms. The van der Waals surface area contributed by atoms with Gasteiger partial charge in [-0.05, 0) is 92.6 Å². The third kappa shape index (κ3) is 23.6. The number of hydrogen-bond acceptors (Lipinski definition) is 30. The minimum absolute atomic E-state index is 0.0159. The van der Waals surface area contributed by atoms with Gasteiger partial charge in [0.1, 0.15) is 38.8 Å². The first-order chi connectivity index (χ1) is 44.8. The molecule has 9 heterocycles. The van der Waals surface area contributed by atoms with E-state index < -0.39 is 30.2 Å². The molecule has 6 aromatic heterocycles. The molecule has 0 bridgehead atoms. The molecule has 502 valence electrons. The van der Waals surface area contributed by atoms with E-state index in [0.29, 0.717) is 45.8 Å². The number of hydrogen-bond donors (Lipinski definition) is 8. The summed E-state index contributed by atoms with van der Waals surface area (Å²) >= 11 is 28.5. The number of aliphatic hydroxyl groups is 1. The Kier molecular flexibility index (Phi) is 28.7. The second-order valence-corrected chi connectivity index (χ2v) is 29.5. The Morgan fingerprint density at radius 3 is 1.26 bits per heavy atom. The van der Waals surface area contributed by atoms with Crippen molar-refractivity contribution in [3.63, 3.8) is 0 Å². The van der Waals surface area contributed by atoms with Crippen molar-refractivity contribution < 1.29 is 86.0 Å². The van der Waals surface area contributed by atoms with Gasteiger partial charge in [-0.25, -0.2) is 19.5 Å². The fourth-order valence-corrected chi connectivity index (χ4v) is 9.13. The van der Waals surface area contributed by atoms with Gasteiger partial charge in [0.05, 0.1) is 58.6 Å². The number of aromatic nitrogens is 12. The molecule has 0 saturated carbocycles. The average molecular weight is 1680 g/mol. The zero-order valence-corrected chi connectivity index (χ0v) is 57.7. The van der Waals surface area contributed by atoms with E-state index in [1.807, 2.05) is 0 Å². The minimum Gasteiger partial charge on any atom is -0.508 e. The van der Waals surface area contributed by atoms with E-state index in [2.05, 4.69) is 127 Å². The van der Waals surface area contributed by atoms with Crippen LogP contribution in [0.4, 0.5) is 17.8 Å². The summed E-state index contributed by atoms with van der Waals surface area (Å²) in [5.74, 6) is 3.75. The molecule has 9 aromatic rings. The van der Waals surface area contributed by atoms with Crippen LogP contribution in [-0.2, 0) is 57.1 Å². The zero-order chi connectivity index (χ0) is 68.6. The largest absolute Gasteiger partial charge is 0.587 e. The van der Waals surface area contributed by atoms with Gasteiger partial charge in [0.25, 0.3) is 16.7 Å². The van der Waals surface area contributed by atoms with E-state index in [9.17, 15) is 28.1 Å². The number of H-pyrrole nitrogens is 3. The number of aliphatic hydroxyl groups excluding tert-OH is 1. The lowest BCUT2D eigenvalue weighted by Gasteiger charge is -2.19. The molecule has 36 nitrogen and oxygen atoms in total. The van der Waals surface area contributed by atoms with E-state index in [-0.39, 0.29) is 143 Å². The smallest absolute Gasteiger partial charge is 0.508 e. The maximum Gasteiger partial charge on any atom is 0.587 e. The number of phenols is 1. The molecule has 0 spiro atoms. The second-order valence-electron chi connectivity index (χ2n) is 17.0. The summed E-state index contributed by atoms with van der Waals surface area (Å²) in [5.41, 5.74) is 16.6. The quantitative estimate of drug-likeness (QED) is 0.0154. The molecule has 0 atom stereocenters. The summed E-state index contributed by atoms with van der Waals surface area (Å²) in [6.07, 6.45) is 6.43. The van der Waals surface area contributed by atoms with E-state index in [4.69, 9.17) is 107 Å². The van der Waals surface area contributed by atoms with E-state index >= 15 is 0 Å². The van der Waals surface area contributed by atoms with E-state index in [1.165, 1.54) is 57.3 Å². The summed E-state index contributed by atoms with van der Waals surface area (Å²) in [6, 6.07) is 14.1. The second kappa shape index (κ2) is 36.2. The molecule has 0 fully saturated rings. The Morgan fingerprint density at radius 2 is 0.892 bits per heavy atom. The lowest BCUT2D eigenvalue weighted by molar-refractivity contribution is 0.0490. The zero-order valence-electron chi connectivity index (χ0n) is 47.9. The van der Waals surface area contributed by atoms with Gasteiger partial charge in [-0.2, -0.15) is 15.0 Å². The van der Waals surface area contributed by atoms with Gasteiger partial charge in [-0.15, -0.1) is 12.8 Å². The number of ether oxygens (including phenoxy) is 9. The normalized spacial score (nSPS) is 12.4. The maximum atomic E-state index is 13.7. The molecular formula is C47H49Cl5I2N15O21P3. The number of nitrogens with zero attached hydrogens (tertiary/aromatic N) is 9. The highest BCUT2D eigenvalue weighted by Crippen LogP contribution is 2.61. The molecule has 11 N–H and O–H groups in total. The number of phosphoric ester groups is 1. The molecule has 0 radical (unpaired) electrons. The highest BCUT2D eigenvalue weighted by molar-refractivity contribution is 15.0. The van der Waals surface area contributed by atoms with Crippen molar-refractivity contribution in [1.82, 2.24) is 58.6 Å². The predicted molar refractivity (Wildman–Crippen MR) is 355 cm³/mol. The number of imidazole rings is 3. The van der Waals surface area contributed by atoms with Crippen molar-refractivity contribution in [2.75, 3.05) is 77.2 Å². The lowest BCUT2D eigenvalue weighted by Crippen LogP contribution is -2.14. The number of phosphoric acid groups is 1. The van der Waals surface area contributed by atoms with Crippen LogP contribution in [0.2, 0.25) is 0 Å². The van der Waals surface area contributed by atoms with Crippen LogP contribution in [-0.4, -0.2) is 129 Å². The van der Waals surface area contributed by atoms with E-state index in [1.54, 1.807) is 36.4 Å². The molecule has 0 aliphatic carbocycles. The number of phenolic OH excluding ortho intramolecular Hbond substituents is 1. The van der Waals surface area contributed by atoms with Crippen LogP contribution in [0.1, 0.15) is 1.37 Å². The Balaban J connectivity index is 0.000000209.